The first-order valence-electron chi connectivity index (χ1n) is 6.52. The Labute approximate surface area is 114 Å². The van der Waals surface area contributed by atoms with Crippen molar-refractivity contribution in [3.8, 4) is 5.75 Å². The molecule has 3 nitrogen and oxygen atoms in total. The zero-order valence-electron chi connectivity index (χ0n) is 11.2. The Kier molecular flexibility index (Phi) is 4.55. The van der Waals surface area contributed by atoms with E-state index in [1.807, 2.05) is 49.4 Å². The van der Waals surface area contributed by atoms with Crippen LogP contribution in [0.15, 0.2) is 48.5 Å². The van der Waals surface area contributed by atoms with Crippen molar-refractivity contribution in [2.45, 2.75) is 19.5 Å². The van der Waals surface area contributed by atoms with E-state index >= 15 is 0 Å². The van der Waals surface area contributed by atoms with E-state index in [1.54, 1.807) is 0 Å². The minimum atomic E-state index is -0.137. The Morgan fingerprint density at radius 2 is 1.79 bits per heavy atom. The van der Waals surface area contributed by atoms with Gasteiger partial charge in [0.15, 0.2) is 0 Å². The smallest absolute Gasteiger partial charge is 0.119 e. The van der Waals surface area contributed by atoms with Gasteiger partial charge in [0.1, 0.15) is 5.75 Å². The average molecular weight is 256 g/mol. The summed E-state index contributed by atoms with van der Waals surface area (Å²) in [5.74, 6) is 0.870. The molecule has 1 unspecified atom stereocenters. The monoisotopic (exact) mass is 256 g/mol. The predicted octanol–water partition coefficient (Wildman–Crippen LogP) is 2.59. The summed E-state index contributed by atoms with van der Waals surface area (Å²) in [6, 6.07) is 15.9. The van der Waals surface area contributed by atoms with Crippen molar-refractivity contribution in [1.29, 1.82) is 0 Å². The lowest BCUT2D eigenvalue weighted by molar-refractivity contribution is 0.340. The predicted molar refractivity (Wildman–Crippen MR) is 78.0 cm³/mol. The number of nitrogens with two attached hydrogens (primary N) is 2. The molecule has 19 heavy (non-hydrogen) atoms. The summed E-state index contributed by atoms with van der Waals surface area (Å²) in [4.78, 5) is 0. The first-order valence-corrected chi connectivity index (χ1v) is 6.52. The molecule has 0 fully saturated rings. The van der Waals surface area contributed by atoms with Gasteiger partial charge in [-0.1, -0.05) is 36.4 Å². The van der Waals surface area contributed by atoms with Crippen LogP contribution in [-0.4, -0.2) is 6.61 Å². The Balaban J connectivity index is 2.20. The molecule has 2 aromatic rings. The van der Waals surface area contributed by atoms with Crippen LogP contribution < -0.4 is 16.2 Å². The zero-order valence-corrected chi connectivity index (χ0v) is 11.2. The lowest BCUT2D eigenvalue weighted by Crippen LogP contribution is -2.12. The van der Waals surface area contributed by atoms with E-state index in [-0.39, 0.29) is 6.04 Å². The fourth-order valence-corrected chi connectivity index (χ4v) is 2.04. The summed E-state index contributed by atoms with van der Waals surface area (Å²) in [5, 5.41) is 0. The minimum absolute atomic E-state index is 0.137. The normalized spacial score (nSPS) is 12.2. The van der Waals surface area contributed by atoms with Gasteiger partial charge in [-0.25, -0.2) is 0 Å². The largest absolute Gasteiger partial charge is 0.494 e. The highest BCUT2D eigenvalue weighted by Gasteiger charge is 2.09. The maximum Gasteiger partial charge on any atom is 0.119 e. The molecule has 100 valence electrons. The highest BCUT2D eigenvalue weighted by atomic mass is 16.5. The molecule has 4 N–H and O–H groups in total. The van der Waals surface area contributed by atoms with Crippen molar-refractivity contribution in [3.05, 3.63) is 65.2 Å². The van der Waals surface area contributed by atoms with Gasteiger partial charge in [0.25, 0.3) is 0 Å². The van der Waals surface area contributed by atoms with Gasteiger partial charge in [0.2, 0.25) is 0 Å². The maximum atomic E-state index is 6.28. The third-order valence-electron chi connectivity index (χ3n) is 3.10. The van der Waals surface area contributed by atoms with Crippen LogP contribution in [0.2, 0.25) is 0 Å². The number of ether oxygens (including phenoxy) is 1. The molecule has 0 aromatic heterocycles. The van der Waals surface area contributed by atoms with Crippen molar-refractivity contribution in [1.82, 2.24) is 0 Å². The molecule has 0 aliphatic carbocycles. The van der Waals surface area contributed by atoms with Crippen LogP contribution in [-0.2, 0) is 6.54 Å². The Bertz CT molecular complexity index is 523. The standard InChI is InChI=1S/C16H20N2O/c1-2-19-15-8-6-13(7-9-15)16(18)14-5-3-4-12(10-14)11-17/h3-10,16H,2,11,17-18H2,1H3. The molecule has 0 saturated heterocycles. The molecule has 1 atom stereocenters. The van der Waals surface area contributed by atoms with Crippen LogP contribution in [0.4, 0.5) is 0 Å². The van der Waals surface area contributed by atoms with E-state index in [9.17, 15) is 0 Å². The van der Waals surface area contributed by atoms with Crippen LogP contribution in [0.25, 0.3) is 0 Å². The first kappa shape index (κ1) is 13.6. The molecule has 0 aliphatic rings. The van der Waals surface area contributed by atoms with E-state index < -0.39 is 0 Å². The Morgan fingerprint density at radius 1 is 1.05 bits per heavy atom. The van der Waals surface area contributed by atoms with Crippen LogP contribution in [0.3, 0.4) is 0 Å². The highest BCUT2D eigenvalue weighted by molar-refractivity contribution is 5.36. The van der Waals surface area contributed by atoms with Gasteiger partial charge in [-0.15, -0.1) is 0 Å². The van der Waals surface area contributed by atoms with Crippen molar-refractivity contribution >= 4 is 0 Å². The molecule has 0 bridgehead atoms. The maximum absolute atomic E-state index is 6.28. The number of hydrogen-bond acceptors (Lipinski definition) is 3. The van der Waals surface area contributed by atoms with Gasteiger partial charge in [-0.2, -0.15) is 0 Å². The topological polar surface area (TPSA) is 61.3 Å². The van der Waals surface area contributed by atoms with Gasteiger partial charge >= 0.3 is 0 Å². The highest BCUT2D eigenvalue weighted by Crippen LogP contribution is 2.22. The third kappa shape index (κ3) is 3.34. The molecule has 0 aliphatic heterocycles. The van der Waals surface area contributed by atoms with Crippen molar-refractivity contribution < 1.29 is 4.74 Å². The van der Waals surface area contributed by atoms with Crippen LogP contribution in [0, 0.1) is 0 Å². The number of rotatable bonds is 5. The van der Waals surface area contributed by atoms with Crippen LogP contribution in [0.5, 0.6) is 5.75 Å². The quantitative estimate of drug-likeness (QED) is 0.864. The average Bonchev–Trinajstić information content (AvgIpc) is 2.48. The summed E-state index contributed by atoms with van der Waals surface area (Å²) < 4.78 is 5.43. The summed E-state index contributed by atoms with van der Waals surface area (Å²) in [6.45, 7) is 3.17. The summed E-state index contributed by atoms with van der Waals surface area (Å²) >= 11 is 0. The lowest BCUT2D eigenvalue weighted by atomic mass is 9.98. The van der Waals surface area contributed by atoms with E-state index in [0.29, 0.717) is 13.2 Å². The van der Waals surface area contributed by atoms with Crippen molar-refractivity contribution in [3.63, 3.8) is 0 Å². The van der Waals surface area contributed by atoms with E-state index in [4.69, 9.17) is 16.2 Å². The molecule has 0 spiro atoms. The summed E-state index contributed by atoms with van der Waals surface area (Å²) in [5.41, 5.74) is 15.2. The van der Waals surface area contributed by atoms with Crippen molar-refractivity contribution in [2.75, 3.05) is 6.61 Å². The first-order chi connectivity index (χ1) is 9.24. The van der Waals surface area contributed by atoms with E-state index in [2.05, 4.69) is 6.07 Å². The van der Waals surface area contributed by atoms with E-state index in [1.165, 1.54) is 0 Å². The lowest BCUT2D eigenvalue weighted by Gasteiger charge is -2.14. The molecule has 2 aromatic carbocycles. The second kappa shape index (κ2) is 6.36. The third-order valence-corrected chi connectivity index (χ3v) is 3.10. The Morgan fingerprint density at radius 3 is 2.42 bits per heavy atom. The van der Waals surface area contributed by atoms with Crippen LogP contribution >= 0.6 is 0 Å². The fourth-order valence-electron chi connectivity index (χ4n) is 2.04. The molecule has 0 amide bonds. The molecule has 3 heteroatoms. The second-order valence-corrected chi connectivity index (χ2v) is 4.43. The SMILES string of the molecule is CCOc1ccc(C(N)c2cccc(CN)c2)cc1. The summed E-state index contributed by atoms with van der Waals surface area (Å²) in [6.07, 6.45) is 0. The van der Waals surface area contributed by atoms with Crippen molar-refractivity contribution in [2.24, 2.45) is 11.5 Å². The number of benzene rings is 2. The number of hydrogen-bond donors (Lipinski definition) is 2. The van der Waals surface area contributed by atoms with Gasteiger partial charge in [0, 0.05) is 6.54 Å². The molecular weight excluding hydrogens is 236 g/mol. The zero-order chi connectivity index (χ0) is 13.7. The van der Waals surface area contributed by atoms with Gasteiger partial charge in [0.05, 0.1) is 12.6 Å². The van der Waals surface area contributed by atoms with Gasteiger partial charge in [-0.3, -0.25) is 0 Å². The van der Waals surface area contributed by atoms with Gasteiger partial charge in [-0.05, 0) is 35.7 Å². The minimum Gasteiger partial charge on any atom is -0.494 e. The molecule has 0 heterocycles. The molecule has 0 saturated carbocycles. The second-order valence-electron chi connectivity index (χ2n) is 4.43. The molecule has 0 radical (unpaired) electrons. The summed E-state index contributed by atoms with van der Waals surface area (Å²) in [7, 11) is 0. The Hall–Kier alpha value is -1.84. The molecular formula is C16H20N2O. The van der Waals surface area contributed by atoms with Gasteiger partial charge < -0.3 is 16.2 Å². The fraction of sp³-hybridized carbons (Fsp3) is 0.250. The molecule has 2 rings (SSSR count). The van der Waals surface area contributed by atoms with Crippen LogP contribution in [0.1, 0.15) is 29.7 Å². The van der Waals surface area contributed by atoms with E-state index in [0.717, 1.165) is 22.4 Å².